The first-order valence-corrected chi connectivity index (χ1v) is 6.64. The van der Waals surface area contributed by atoms with E-state index in [0.717, 1.165) is 0 Å². The normalized spacial score (nSPS) is 12.8. The van der Waals surface area contributed by atoms with Gasteiger partial charge >= 0.3 is 0 Å². The fraction of sp³-hybridized carbons (Fsp3) is 0.533. The number of nitrogens with one attached hydrogen (secondary N) is 1. The summed E-state index contributed by atoms with van der Waals surface area (Å²) in [6.45, 7) is 4.62. The van der Waals surface area contributed by atoms with Crippen molar-refractivity contribution in [1.82, 2.24) is 5.32 Å². The van der Waals surface area contributed by atoms with Crippen molar-refractivity contribution in [3.05, 3.63) is 29.8 Å². The van der Waals surface area contributed by atoms with Crippen molar-refractivity contribution in [3.8, 4) is 11.8 Å². The van der Waals surface area contributed by atoms with Crippen molar-refractivity contribution in [2.75, 3.05) is 19.8 Å². The van der Waals surface area contributed by atoms with Crippen LogP contribution in [0, 0.1) is 11.3 Å². The minimum atomic E-state index is -0.636. The highest BCUT2D eigenvalue weighted by molar-refractivity contribution is 5.34. The maximum atomic E-state index is 9.84. The Morgan fingerprint density at radius 3 is 2.55 bits per heavy atom. The summed E-state index contributed by atoms with van der Waals surface area (Å²) >= 11 is 0. The van der Waals surface area contributed by atoms with Gasteiger partial charge in [-0.25, -0.2) is 0 Å². The molecule has 0 spiro atoms. The topological polar surface area (TPSA) is 85.5 Å². The molecule has 0 aliphatic rings. The number of nitrogens with zero attached hydrogens (tertiary/aromatic N) is 1. The van der Waals surface area contributed by atoms with Gasteiger partial charge in [0.2, 0.25) is 0 Å². The summed E-state index contributed by atoms with van der Waals surface area (Å²) in [5.74, 6) is 0.623. The Morgan fingerprint density at radius 1 is 1.35 bits per heavy atom. The molecular weight excluding hydrogens is 256 g/mol. The van der Waals surface area contributed by atoms with E-state index >= 15 is 0 Å². The van der Waals surface area contributed by atoms with Gasteiger partial charge < -0.3 is 20.3 Å². The van der Waals surface area contributed by atoms with E-state index in [1.54, 1.807) is 24.3 Å². The Morgan fingerprint density at radius 2 is 2.00 bits per heavy atom. The molecule has 1 rings (SSSR count). The van der Waals surface area contributed by atoms with Crippen LogP contribution in [-0.4, -0.2) is 41.6 Å². The number of aliphatic hydroxyl groups excluding tert-OH is 2. The molecule has 0 fully saturated rings. The predicted molar refractivity (Wildman–Crippen MR) is 76.4 cm³/mol. The van der Waals surface area contributed by atoms with Crippen LogP contribution in [-0.2, 0) is 0 Å². The van der Waals surface area contributed by atoms with E-state index in [9.17, 15) is 5.11 Å². The second-order valence-corrected chi connectivity index (χ2v) is 5.34. The molecule has 0 aromatic heterocycles. The predicted octanol–water partition coefficient (Wildman–Crippen LogP) is 1.05. The first-order chi connectivity index (χ1) is 9.46. The standard InChI is InChI=1S/C15H22N2O3/c1-15(2,7-8-18)17-10-13(19)11-20-14-5-3-12(9-16)4-6-14/h3-6,13,17-19H,7-8,10-11H2,1-2H3. The van der Waals surface area contributed by atoms with Crippen LogP contribution < -0.4 is 10.1 Å². The summed E-state index contributed by atoms with van der Waals surface area (Å²) in [7, 11) is 0. The van der Waals surface area contributed by atoms with E-state index in [0.29, 0.717) is 24.3 Å². The molecule has 0 saturated carbocycles. The zero-order valence-corrected chi connectivity index (χ0v) is 12.0. The lowest BCUT2D eigenvalue weighted by atomic mass is 10.0. The molecule has 0 saturated heterocycles. The van der Waals surface area contributed by atoms with Gasteiger partial charge in [-0.3, -0.25) is 0 Å². The molecule has 1 aromatic rings. The van der Waals surface area contributed by atoms with Crippen molar-refractivity contribution < 1.29 is 14.9 Å². The first-order valence-electron chi connectivity index (χ1n) is 6.64. The number of rotatable bonds is 8. The van der Waals surface area contributed by atoms with E-state index in [1.807, 2.05) is 19.9 Å². The number of hydrogen-bond donors (Lipinski definition) is 3. The van der Waals surface area contributed by atoms with Crippen LogP contribution in [0.2, 0.25) is 0 Å². The van der Waals surface area contributed by atoms with Crippen molar-refractivity contribution >= 4 is 0 Å². The van der Waals surface area contributed by atoms with Gasteiger partial charge in [-0.05, 0) is 44.5 Å². The maximum absolute atomic E-state index is 9.84. The maximum Gasteiger partial charge on any atom is 0.119 e. The Kier molecular flexibility index (Phi) is 6.46. The van der Waals surface area contributed by atoms with Gasteiger partial charge in [-0.1, -0.05) is 0 Å². The van der Waals surface area contributed by atoms with Gasteiger partial charge in [-0.2, -0.15) is 5.26 Å². The third kappa shape index (κ3) is 6.02. The van der Waals surface area contributed by atoms with Gasteiger partial charge in [0.1, 0.15) is 18.5 Å². The zero-order valence-electron chi connectivity index (χ0n) is 12.0. The smallest absolute Gasteiger partial charge is 0.119 e. The highest BCUT2D eigenvalue weighted by Crippen LogP contribution is 2.12. The van der Waals surface area contributed by atoms with Gasteiger partial charge in [0.15, 0.2) is 0 Å². The summed E-state index contributed by atoms with van der Waals surface area (Å²) < 4.78 is 5.44. The molecule has 110 valence electrons. The molecule has 0 heterocycles. The molecule has 1 unspecified atom stereocenters. The van der Waals surface area contributed by atoms with Crippen LogP contribution in [0.3, 0.4) is 0 Å². The van der Waals surface area contributed by atoms with E-state index in [4.69, 9.17) is 15.1 Å². The average Bonchev–Trinajstić information content (AvgIpc) is 2.43. The molecular formula is C15H22N2O3. The van der Waals surface area contributed by atoms with Crippen LogP contribution in [0.5, 0.6) is 5.75 Å². The van der Waals surface area contributed by atoms with E-state index in [2.05, 4.69) is 5.32 Å². The Bertz CT molecular complexity index is 437. The van der Waals surface area contributed by atoms with Crippen LogP contribution >= 0.6 is 0 Å². The molecule has 3 N–H and O–H groups in total. The Labute approximate surface area is 119 Å². The summed E-state index contributed by atoms with van der Waals surface area (Å²) in [6, 6.07) is 8.78. The average molecular weight is 278 g/mol. The van der Waals surface area contributed by atoms with Crippen molar-refractivity contribution in [2.24, 2.45) is 0 Å². The molecule has 1 atom stereocenters. The van der Waals surface area contributed by atoms with Crippen LogP contribution in [0.15, 0.2) is 24.3 Å². The second-order valence-electron chi connectivity index (χ2n) is 5.34. The lowest BCUT2D eigenvalue weighted by molar-refractivity contribution is 0.0960. The van der Waals surface area contributed by atoms with E-state index in [1.165, 1.54) is 0 Å². The number of aliphatic hydroxyl groups is 2. The first kappa shape index (κ1) is 16.4. The summed E-state index contributed by atoms with van der Waals surface area (Å²) in [4.78, 5) is 0. The largest absolute Gasteiger partial charge is 0.491 e. The number of nitriles is 1. The molecule has 0 amide bonds. The number of hydrogen-bond acceptors (Lipinski definition) is 5. The Hall–Kier alpha value is -1.61. The van der Waals surface area contributed by atoms with E-state index in [-0.39, 0.29) is 18.8 Å². The molecule has 0 bridgehead atoms. The van der Waals surface area contributed by atoms with Crippen LogP contribution in [0.4, 0.5) is 0 Å². The summed E-state index contributed by atoms with van der Waals surface area (Å²) in [5.41, 5.74) is 0.356. The number of benzene rings is 1. The third-order valence-electron chi connectivity index (χ3n) is 2.98. The molecule has 0 aliphatic heterocycles. The molecule has 20 heavy (non-hydrogen) atoms. The molecule has 0 aliphatic carbocycles. The highest BCUT2D eigenvalue weighted by atomic mass is 16.5. The summed E-state index contributed by atoms with van der Waals surface area (Å²) in [5, 5.41) is 30.6. The minimum absolute atomic E-state index is 0.109. The second kappa shape index (κ2) is 7.85. The third-order valence-corrected chi connectivity index (χ3v) is 2.98. The lowest BCUT2D eigenvalue weighted by Gasteiger charge is -2.27. The molecule has 5 nitrogen and oxygen atoms in total. The van der Waals surface area contributed by atoms with Crippen molar-refractivity contribution in [1.29, 1.82) is 5.26 Å². The van der Waals surface area contributed by atoms with Crippen LogP contribution in [0.1, 0.15) is 25.8 Å². The van der Waals surface area contributed by atoms with Gasteiger partial charge in [0.25, 0.3) is 0 Å². The van der Waals surface area contributed by atoms with E-state index < -0.39 is 6.10 Å². The fourth-order valence-corrected chi connectivity index (χ4v) is 1.64. The molecule has 0 radical (unpaired) electrons. The van der Waals surface area contributed by atoms with Crippen molar-refractivity contribution in [3.63, 3.8) is 0 Å². The fourth-order valence-electron chi connectivity index (χ4n) is 1.64. The quantitative estimate of drug-likeness (QED) is 0.662. The highest BCUT2D eigenvalue weighted by Gasteiger charge is 2.17. The van der Waals surface area contributed by atoms with Gasteiger partial charge in [-0.15, -0.1) is 0 Å². The minimum Gasteiger partial charge on any atom is -0.491 e. The Balaban J connectivity index is 2.32. The SMILES string of the molecule is CC(C)(CCO)NCC(O)COc1ccc(C#N)cc1. The van der Waals surface area contributed by atoms with Crippen LogP contribution in [0.25, 0.3) is 0 Å². The zero-order chi connectivity index (χ0) is 15.0. The monoisotopic (exact) mass is 278 g/mol. The van der Waals surface area contributed by atoms with Gasteiger partial charge in [0.05, 0.1) is 11.6 Å². The molecule has 5 heteroatoms. The van der Waals surface area contributed by atoms with Gasteiger partial charge in [0, 0.05) is 18.7 Å². The molecule has 1 aromatic carbocycles. The number of ether oxygens (including phenoxy) is 1. The summed E-state index contributed by atoms with van der Waals surface area (Å²) in [6.07, 6.45) is -0.0143. The van der Waals surface area contributed by atoms with Crippen molar-refractivity contribution in [2.45, 2.75) is 31.9 Å². The lowest BCUT2D eigenvalue weighted by Crippen LogP contribution is -2.45. The number of β-amino-alcohol motifs (C(OH)–C–C–N with tert-alkyl or cyclic N) is 1.